The molecule has 4 heteroatoms. The predicted molar refractivity (Wildman–Crippen MR) is 58.6 cm³/mol. The molecule has 78 valence electrons. The van der Waals surface area contributed by atoms with Crippen molar-refractivity contribution < 1.29 is 9.59 Å². The van der Waals surface area contributed by atoms with E-state index < -0.39 is 8.07 Å². The van der Waals surface area contributed by atoms with Crippen LogP contribution in [0.2, 0.25) is 25.7 Å². The molecular formula is C10H17NO2Si. The Morgan fingerprint density at radius 3 is 2.07 bits per heavy atom. The van der Waals surface area contributed by atoms with Gasteiger partial charge in [0.1, 0.15) is 0 Å². The van der Waals surface area contributed by atoms with Crippen molar-refractivity contribution in [3.05, 3.63) is 12.2 Å². The molecule has 1 rings (SSSR count). The first-order valence-electron chi connectivity index (χ1n) is 4.94. The lowest BCUT2D eigenvalue weighted by molar-refractivity contribution is -0.136. The van der Waals surface area contributed by atoms with Crippen LogP contribution in [0.25, 0.3) is 0 Å². The molecule has 2 amide bonds. The zero-order valence-electron chi connectivity index (χ0n) is 9.04. The Bertz CT molecular complexity index is 260. The molecule has 1 aliphatic heterocycles. The van der Waals surface area contributed by atoms with Crippen LogP contribution in [-0.4, -0.2) is 31.3 Å². The van der Waals surface area contributed by atoms with Crippen molar-refractivity contribution in [2.45, 2.75) is 32.1 Å². The predicted octanol–water partition coefficient (Wildman–Crippen LogP) is 1.64. The third-order valence-electron chi connectivity index (χ3n) is 2.21. The number of carbonyl (C=O) groups is 2. The normalized spacial score (nSPS) is 16.9. The number of amides is 2. The van der Waals surface area contributed by atoms with Gasteiger partial charge in [-0.3, -0.25) is 14.5 Å². The van der Waals surface area contributed by atoms with Gasteiger partial charge in [0.25, 0.3) is 11.8 Å². The Hall–Kier alpha value is -0.903. The molecule has 0 atom stereocenters. The van der Waals surface area contributed by atoms with Crippen LogP contribution in [-0.2, 0) is 9.59 Å². The molecular weight excluding hydrogens is 194 g/mol. The minimum absolute atomic E-state index is 0.162. The third-order valence-corrected chi connectivity index (χ3v) is 4.06. The number of imide groups is 1. The van der Waals surface area contributed by atoms with Crippen molar-refractivity contribution in [1.29, 1.82) is 0 Å². The van der Waals surface area contributed by atoms with E-state index in [-0.39, 0.29) is 11.8 Å². The van der Waals surface area contributed by atoms with Gasteiger partial charge in [-0.1, -0.05) is 25.7 Å². The largest absolute Gasteiger partial charge is 0.275 e. The lowest BCUT2D eigenvalue weighted by Gasteiger charge is -2.18. The van der Waals surface area contributed by atoms with Crippen LogP contribution in [0, 0.1) is 0 Å². The van der Waals surface area contributed by atoms with Gasteiger partial charge in [0.15, 0.2) is 0 Å². The average molecular weight is 211 g/mol. The molecule has 0 spiro atoms. The Labute approximate surface area is 85.8 Å². The zero-order chi connectivity index (χ0) is 10.8. The van der Waals surface area contributed by atoms with E-state index >= 15 is 0 Å². The van der Waals surface area contributed by atoms with Crippen LogP contribution < -0.4 is 0 Å². The molecule has 1 aliphatic rings. The van der Waals surface area contributed by atoms with E-state index in [2.05, 4.69) is 19.6 Å². The highest BCUT2D eigenvalue weighted by atomic mass is 28.3. The van der Waals surface area contributed by atoms with Crippen molar-refractivity contribution in [2.24, 2.45) is 0 Å². The van der Waals surface area contributed by atoms with E-state index in [4.69, 9.17) is 0 Å². The summed E-state index contributed by atoms with van der Waals surface area (Å²) in [6.07, 6.45) is 3.63. The van der Waals surface area contributed by atoms with E-state index in [9.17, 15) is 9.59 Å². The summed E-state index contributed by atoms with van der Waals surface area (Å²) in [7, 11) is -1.04. The van der Waals surface area contributed by atoms with Gasteiger partial charge in [-0.2, -0.15) is 0 Å². The summed E-state index contributed by atoms with van der Waals surface area (Å²) in [5.41, 5.74) is 0. The van der Waals surface area contributed by atoms with Crippen LogP contribution in [0.15, 0.2) is 12.2 Å². The molecule has 0 saturated heterocycles. The second-order valence-electron chi connectivity index (χ2n) is 4.83. The Kier molecular flexibility index (Phi) is 3.26. The molecule has 0 fully saturated rings. The quantitative estimate of drug-likeness (QED) is 0.523. The third kappa shape index (κ3) is 3.10. The van der Waals surface area contributed by atoms with Crippen molar-refractivity contribution in [3.63, 3.8) is 0 Å². The van der Waals surface area contributed by atoms with Crippen molar-refractivity contribution in [1.82, 2.24) is 4.90 Å². The van der Waals surface area contributed by atoms with Gasteiger partial charge in [0.2, 0.25) is 0 Å². The summed E-state index contributed by atoms with van der Waals surface area (Å²) in [5, 5.41) is 0. The first-order valence-corrected chi connectivity index (χ1v) is 8.64. The van der Waals surface area contributed by atoms with Crippen molar-refractivity contribution >= 4 is 19.9 Å². The maximum Gasteiger partial charge on any atom is 0.253 e. The molecule has 0 aliphatic carbocycles. The lowest BCUT2D eigenvalue weighted by atomic mass is 10.4. The van der Waals surface area contributed by atoms with E-state index in [0.29, 0.717) is 6.54 Å². The molecule has 0 unspecified atom stereocenters. The molecule has 1 heterocycles. The summed E-state index contributed by atoms with van der Waals surface area (Å²) < 4.78 is 0. The van der Waals surface area contributed by atoms with Crippen LogP contribution >= 0.6 is 0 Å². The Morgan fingerprint density at radius 1 is 1.14 bits per heavy atom. The van der Waals surface area contributed by atoms with Gasteiger partial charge in [-0.05, 0) is 6.42 Å². The molecule has 3 nitrogen and oxygen atoms in total. The second-order valence-corrected chi connectivity index (χ2v) is 10.4. The molecule has 14 heavy (non-hydrogen) atoms. The zero-order valence-corrected chi connectivity index (χ0v) is 10.0. The summed E-state index contributed by atoms with van der Waals surface area (Å²) >= 11 is 0. The summed E-state index contributed by atoms with van der Waals surface area (Å²) in [4.78, 5) is 23.7. The molecule has 0 saturated carbocycles. The van der Waals surface area contributed by atoms with E-state index in [1.807, 2.05) is 0 Å². The number of nitrogens with zero attached hydrogens (tertiary/aromatic N) is 1. The fourth-order valence-corrected chi connectivity index (χ4v) is 2.64. The van der Waals surface area contributed by atoms with Crippen molar-refractivity contribution in [2.75, 3.05) is 6.54 Å². The minimum Gasteiger partial charge on any atom is -0.275 e. The van der Waals surface area contributed by atoms with Crippen LogP contribution in [0.1, 0.15) is 6.42 Å². The number of carbonyl (C=O) groups excluding carboxylic acids is 2. The van der Waals surface area contributed by atoms with Gasteiger partial charge in [-0.15, -0.1) is 0 Å². The maximum atomic E-state index is 11.2. The molecule has 0 aromatic rings. The summed E-state index contributed by atoms with van der Waals surface area (Å²) in [6, 6.07) is 1.16. The topological polar surface area (TPSA) is 37.4 Å². The van der Waals surface area contributed by atoms with E-state index in [0.717, 1.165) is 12.5 Å². The van der Waals surface area contributed by atoms with Gasteiger partial charge in [0, 0.05) is 26.8 Å². The van der Waals surface area contributed by atoms with Gasteiger partial charge in [-0.25, -0.2) is 0 Å². The standard InChI is InChI=1S/C10H17NO2Si/c1-14(2,3)8-4-7-11-9(12)5-6-10(11)13/h5-6H,4,7-8H2,1-3H3. The molecule has 0 bridgehead atoms. The fourth-order valence-electron chi connectivity index (χ4n) is 1.42. The second kappa shape index (κ2) is 4.08. The van der Waals surface area contributed by atoms with E-state index in [1.165, 1.54) is 17.1 Å². The van der Waals surface area contributed by atoms with Crippen LogP contribution in [0.3, 0.4) is 0 Å². The highest BCUT2D eigenvalue weighted by Gasteiger charge is 2.23. The van der Waals surface area contributed by atoms with Gasteiger partial charge < -0.3 is 0 Å². The highest BCUT2D eigenvalue weighted by Crippen LogP contribution is 2.13. The first-order chi connectivity index (χ1) is 6.40. The smallest absolute Gasteiger partial charge is 0.253 e. The monoisotopic (exact) mass is 211 g/mol. The summed E-state index contributed by atoms with van der Waals surface area (Å²) in [6.45, 7) is 7.45. The molecule has 0 aromatic carbocycles. The minimum atomic E-state index is -1.04. The summed E-state index contributed by atoms with van der Waals surface area (Å²) in [5.74, 6) is -0.323. The fraction of sp³-hybridized carbons (Fsp3) is 0.600. The lowest BCUT2D eigenvalue weighted by Crippen LogP contribution is -2.32. The van der Waals surface area contributed by atoms with Crippen LogP contribution in [0.4, 0.5) is 0 Å². The number of rotatable bonds is 4. The van der Waals surface area contributed by atoms with E-state index in [1.54, 1.807) is 0 Å². The van der Waals surface area contributed by atoms with Gasteiger partial charge in [0.05, 0.1) is 0 Å². The first kappa shape index (κ1) is 11.2. The van der Waals surface area contributed by atoms with Crippen molar-refractivity contribution in [3.8, 4) is 0 Å². The highest BCUT2D eigenvalue weighted by molar-refractivity contribution is 6.76. The molecule has 0 aromatic heterocycles. The van der Waals surface area contributed by atoms with Crippen LogP contribution in [0.5, 0.6) is 0 Å². The maximum absolute atomic E-state index is 11.2. The SMILES string of the molecule is C[Si](C)(C)CCCN1C(=O)C=CC1=O. The average Bonchev–Trinajstić information content (AvgIpc) is 2.33. The molecule has 0 radical (unpaired) electrons. The number of hydrogen-bond acceptors (Lipinski definition) is 2. The number of hydrogen-bond donors (Lipinski definition) is 0. The molecule has 0 N–H and O–H groups in total. The Morgan fingerprint density at radius 2 is 1.64 bits per heavy atom. The Balaban J connectivity index is 2.33. The van der Waals surface area contributed by atoms with Gasteiger partial charge >= 0.3 is 0 Å².